The van der Waals surface area contributed by atoms with E-state index >= 15 is 0 Å². The molecule has 27 heavy (non-hydrogen) atoms. The molecule has 0 radical (unpaired) electrons. The molecule has 0 atom stereocenters. The molecule has 3 aromatic rings. The van der Waals surface area contributed by atoms with Gasteiger partial charge in [0.1, 0.15) is 23.3 Å². The lowest BCUT2D eigenvalue weighted by Gasteiger charge is -2.11. The summed E-state index contributed by atoms with van der Waals surface area (Å²) >= 11 is 0. The topological polar surface area (TPSA) is 95.2 Å². The van der Waals surface area contributed by atoms with Gasteiger partial charge in [0.15, 0.2) is 11.4 Å². The Kier molecular flexibility index (Phi) is 4.35. The maximum atomic E-state index is 12.3. The number of amides is 1. The molecule has 2 aromatic carbocycles. The van der Waals surface area contributed by atoms with Crippen LogP contribution in [0.3, 0.4) is 0 Å². The molecule has 4 rings (SSSR count). The Bertz CT molecular complexity index is 1050. The molecule has 2 N–H and O–H groups in total. The SMILES string of the molecule is N#Cc1nc(C(=O)NCC2CC2)c(O)c2ccc(Oc3ccccc3)cc12. The van der Waals surface area contributed by atoms with Crippen LogP contribution in [-0.2, 0) is 0 Å². The summed E-state index contributed by atoms with van der Waals surface area (Å²) in [6, 6.07) is 16.2. The number of carbonyl (C=O) groups excluding carboxylic acids is 1. The quantitative estimate of drug-likeness (QED) is 0.723. The number of nitrogens with zero attached hydrogens (tertiary/aromatic N) is 2. The van der Waals surface area contributed by atoms with Crippen molar-refractivity contribution in [2.75, 3.05) is 6.54 Å². The van der Waals surface area contributed by atoms with Crippen LogP contribution in [0.5, 0.6) is 17.2 Å². The van der Waals surface area contributed by atoms with Gasteiger partial charge in [-0.05, 0) is 49.1 Å². The van der Waals surface area contributed by atoms with Crippen LogP contribution in [-0.4, -0.2) is 22.5 Å². The van der Waals surface area contributed by atoms with E-state index in [1.54, 1.807) is 18.2 Å². The van der Waals surface area contributed by atoms with Crippen molar-refractivity contribution >= 4 is 16.7 Å². The number of fused-ring (bicyclic) bond motifs is 1. The first kappa shape index (κ1) is 16.9. The number of para-hydroxylation sites is 1. The number of aromatic hydroxyl groups is 1. The van der Waals surface area contributed by atoms with E-state index in [1.807, 2.05) is 36.4 Å². The van der Waals surface area contributed by atoms with Gasteiger partial charge < -0.3 is 15.2 Å². The van der Waals surface area contributed by atoms with Gasteiger partial charge in [0.25, 0.3) is 5.91 Å². The van der Waals surface area contributed by atoms with Crippen molar-refractivity contribution in [2.24, 2.45) is 5.92 Å². The number of rotatable bonds is 5. The number of benzene rings is 2. The summed E-state index contributed by atoms with van der Waals surface area (Å²) in [4.78, 5) is 16.4. The largest absolute Gasteiger partial charge is 0.505 e. The first-order valence-electron chi connectivity index (χ1n) is 8.73. The molecular weight excluding hydrogens is 342 g/mol. The molecule has 134 valence electrons. The molecule has 0 saturated heterocycles. The molecule has 0 aliphatic heterocycles. The number of ether oxygens (including phenoxy) is 1. The van der Waals surface area contributed by atoms with E-state index in [1.165, 1.54) is 0 Å². The lowest BCUT2D eigenvalue weighted by molar-refractivity contribution is 0.0944. The van der Waals surface area contributed by atoms with Crippen molar-refractivity contribution < 1.29 is 14.6 Å². The maximum absolute atomic E-state index is 12.3. The highest BCUT2D eigenvalue weighted by atomic mass is 16.5. The minimum atomic E-state index is -0.470. The van der Waals surface area contributed by atoms with E-state index in [0.717, 1.165) is 12.8 Å². The van der Waals surface area contributed by atoms with Gasteiger partial charge in [-0.3, -0.25) is 4.79 Å². The van der Waals surface area contributed by atoms with Crippen LogP contribution in [0.15, 0.2) is 48.5 Å². The van der Waals surface area contributed by atoms with E-state index in [-0.39, 0.29) is 17.1 Å². The van der Waals surface area contributed by atoms with Gasteiger partial charge in [0.05, 0.1) is 0 Å². The summed E-state index contributed by atoms with van der Waals surface area (Å²) in [7, 11) is 0. The van der Waals surface area contributed by atoms with E-state index in [2.05, 4.69) is 10.3 Å². The molecular formula is C21H17N3O3. The summed E-state index contributed by atoms with van der Waals surface area (Å²) in [5.41, 5.74) is -0.0608. The van der Waals surface area contributed by atoms with Gasteiger partial charge in [0.2, 0.25) is 0 Å². The molecule has 0 unspecified atom stereocenters. The van der Waals surface area contributed by atoms with Gasteiger partial charge in [-0.25, -0.2) is 4.98 Å². The van der Waals surface area contributed by atoms with Crippen molar-refractivity contribution in [1.29, 1.82) is 5.26 Å². The van der Waals surface area contributed by atoms with Gasteiger partial charge in [0, 0.05) is 17.3 Å². The van der Waals surface area contributed by atoms with Crippen LogP contribution < -0.4 is 10.1 Å². The zero-order chi connectivity index (χ0) is 18.8. The van der Waals surface area contributed by atoms with Gasteiger partial charge in [-0.15, -0.1) is 0 Å². The summed E-state index contributed by atoms with van der Waals surface area (Å²) < 4.78 is 5.78. The predicted octanol–water partition coefficient (Wildman–Crippen LogP) is 3.74. The fourth-order valence-electron chi connectivity index (χ4n) is 2.85. The summed E-state index contributed by atoms with van der Waals surface area (Å²) in [6.07, 6.45) is 2.20. The molecule has 6 heteroatoms. The van der Waals surface area contributed by atoms with Crippen molar-refractivity contribution in [2.45, 2.75) is 12.8 Å². The average Bonchev–Trinajstić information content (AvgIpc) is 3.52. The minimum Gasteiger partial charge on any atom is -0.505 e. The molecule has 1 aromatic heterocycles. The highest BCUT2D eigenvalue weighted by molar-refractivity contribution is 6.03. The zero-order valence-corrected chi connectivity index (χ0v) is 14.5. The molecule has 1 amide bonds. The first-order valence-corrected chi connectivity index (χ1v) is 8.73. The monoisotopic (exact) mass is 359 g/mol. The van der Waals surface area contributed by atoms with Crippen molar-refractivity contribution in [3.05, 3.63) is 59.9 Å². The number of hydrogen-bond acceptors (Lipinski definition) is 5. The van der Waals surface area contributed by atoms with E-state index in [4.69, 9.17) is 4.74 Å². The van der Waals surface area contributed by atoms with Crippen molar-refractivity contribution in [3.8, 4) is 23.3 Å². The normalized spacial score (nSPS) is 13.1. The number of hydrogen-bond donors (Lipinski definition) is 2. The molecule has 1 fully saturated rings. The predicted molar refractivity (Wildman–Crippen MR) is 99.7 cm³/mol. The summed E-state index contributed by atoms with van der Waals surface area (Å²) in [5.74, 6) is 0.969. The standard InChI is InChI=1S/C21H17N3O3/c22-11-18-17-10-15(27-14-4-2-1-3-5-14)8-9-16(17)20(25)19(24-18)21(26)23-12-13-6-7-13/h1-5,8-10,13,25H,6-7,12H2,(H,23,26). The third-order valence-corrected chi connectivity index (χ3v) is 4.50. The molecule has 1 aliphatic carbocycles. The Morgan fingerprint density at radius 3 is 2.67 bits per heavy atom. The molecule has 1 heterocycles. The van der Waals surface area contributed by atoms with Crippen LogP contribution in [0.25, 0.3) is 10.8 Å². The first-order chi connectivity index (χ1) is 13.2. The maximum Gasteiger partial charge on any atom is 0.273 e. The van der Waals surface area contributed by atoms with Crippen LogP contribution in [0, 0.1) is 17.2 Å². The second kappa shape index (κ2) is 6.96. The van der Waals surface area contributed by atoms with E-state index in [9.17, 15) is 15.2 Å². The second-order valence-corrected chi connectivity index (χ2v) is 6.55. The second-order valence-electron chi connectivity index (χ2n) is 6.55. The zero-order valence-electron chi connectivity index (χ0n) is 14.5. The third kappa shape index (κ3) is 3.53. The average molecular weight is 359 g/mol. The molecule has 1 aliphatic rings. The van der Waals surface area contributed by atoms with Gasteiger partial charge in [-0.2, -0.15) is 5.26 Å². The lowest BCUT2D eigenvalue weighted by atomic mass is 10.1. The number of carbonyl (C=O) groups is 1. The molecule has 6 nitrogen and oxygen atoms in total. The van der Waals surface area contributed by atoms with Crippen LogP contribution in [0.4, 0.5) is 0 Å². The molecule has 0 bridgehead atoms. The van der Waals surface area contributed by atoms with Crippen LogP contribution in [0.2, 0.25) is 0 Å². The number of nitrogens with one attached hydrogen (secondary N) is 1. The fraction of sp³-hybridized carbons (Fsp3) is 0.190. The summed E-state index contributed by atoms with van der Waals surface area (Å²) in [5, 5.41) is 23.6. The minimum absolute atomic E-state index is 0.0675. The van der Waals surface area contributed by atoms with Crippen LogP contribution in [0.1, 0.15) is 29.0 Å². The number of nitriles is 1. The van der Waals surface area contributed by atoms with Gasteiger partial charge >= 0.3 is 0 Å². The number of pyridine rings is 1. The Morgan fingerprint density at radius 1 is 1.19 bits per heavy atom. The Morgan fingerprint density at radius 2 is 1.96 bits per heavy atom. The molecule has 0 spiro atoms. The molecule has 1 saturated carbocycles. The van der Waals surface area contributed by atoms with E-state index in [0.29, 0.717) is 34.7 Å². The smallest absolute Gasteiger partial charge is 0.273 e. The highest BCUT2D eigenvalue weighted by Crippen LogP contribution is 2.34. The Hall–Kier alpha value is -3.59. The Labute approximate surface area is 156 Å². The summed E-state index contributed by atoms with van der Waals surface area (Å²) in [6.45, 7) is 0.559. The Balaban J connectivity index is 1.70. The third-order valence-electron chi connectivity index (χ3n) is 4.50. The van der Waals surface area contributed by atoms with E-state index < -0.39 is 5.91 Å². The van der Waals surface area contributed by atoms with Crippen molar-refractivity contribution in [1.82, 2.24) is 10.3 Å². The van der Waals surface area contributed by atoms with Crippen LogP contribution >= 0.6 is 0 Å². The van der Waals surface area contributed by atoms with Crippen molar-refractivity contribution in [3.63, 3.8) is 0 Å². The lowest BCUT2D eigenvalue weighted by Crippen LogP contribution is -2.26. The fourth-order valence-corrected chi connectivity index (χ4v) is 2.85. The van der Waals surface area contributed by atoms with Gasteiger partial charge in [-0.1, -0.05) is 18.2 Å². The highest BCUT2D eigenvalue weighted by Gasteiger charge is 2.24. The number of aromatic nitrogens is 1.